The lowest BCUT2D eigenvalue weighted by Gasteiger charge is -2.27. The highest BCUT2D eigenvalue weighted by Gasteiger charge is 2.29. The number of hydrogen-bond acceptors (Lipinski definition) is 4. The maximum Gasteiger partial charge on any atom is 0.241 e. The summed E-state index contributed by atoms with van der Waals surface area (Å²) in [6.07, 6.45) is 3.58. The van der Waals surface area contributed by atoms with Crippen molar-refractivity contribution in [3.63, 3.8) is 0 Å². The molecule has 1 unspecified atom stereocenters. The molecule has 0 fully saturated rings. The van der Waals surface area contributed by atoms with Crippen LogP contribution in [0.3, 0.4) is 0 Å². The molecule has 0 saturated heterocycles. The molecule has 1 aromatic carbocycles. The van der Waals surface area contributed by atoms with E-state index >= 15 is 0 Å². The lowest BCUT2D eigenvalue weighted by atomic mass is 9.91. The van der Waals surface area contributed by atoms with Gasteiger partial charge in [-0.15, -0.1) is 0 Å². The Kier molecular flexibility index (Phi) is 5.23. The van der Waals surface area contributed by atoms with Crippen LogP contribution < -0.4 is 9.62 Å². The number of carbonyl (C=O) groups excluding carboxylic acids is 1. The van der Waals surface area contributed by atoms with Crippen LogP contribution in [0, 0.1) is 12.7 Å². The van der Waals surface area contributed by atoms with Gasteiger partial charge in [-0.1, -0.05) is 6.07 Å². The SMILES string of the molecule is Cc1nn(C)c2c1C(NC(=O)CN(c1cccc(F)c1)S(C)(=O)=O)CCC2. The van der Waals surface area contributed by atoms with Gasteiger partial charge in [-0.05, 0) is 44.4 Å². The molecule has 3 rings (SSSR count). The number of fused-ring (bicyclic) bond motifs is 1. The molecule has 0 bridgehead atoms. The first-order valence-electron chi connectivity index (χ1n) is 8.72. The van der Waals surface area contributed by atoms with Crippen molar-refractivity contribution in [3.8, 4) is 0 Å². The fraction of sp³-hybridized carbons (Fsp3) is 0.444. The molecular weight excluding hydrogens is 371 g/mol. The third-order valence-corrected chi connectivity index (χ3v) is 5.91. The van der Waals surface area contributed by atoms with Crippen molar-refractivity contribution < 1.29 is 17.6 Å². The number of rotatable bonds is 5. The van der Waals surface area contributed by atoms with Crippen LogP contribution in [0.1, 0.15) is 35.8 Å². The van der Waals surface area contributed by atoms with Gasteiger partial charge in [0.2, 0.25) is 15.9 Å². The predicted octanol–water partition coefficient (Wildman–Crippen LogP) is 1.83. The zero-order valence-electron chi connectivity index (χ0n) is 15.6. The highest BCUT2D eigenvalue weighted by atomic mass is 32.2. The summed E-state index contributed by atoms with van der Waals surface area (Å²) >= 11 is 0. The van der Waals surface area contributed by atoms with Crippen molar-refractivity contribution in [2.45, 2.75) is 32.2 Å². The van der Waals surface area contributed by atoms with Gasteiger partial charge in [-0.2, -0.15) is 5.10 Å². The summed E-state index contributed by atoms with van der Waals surface area (Å²) in [4.78, 5) is 12.6. The van der Waals surface area contributed by atoms with Crippen molar-refractivity contribution in [1.29, 1.82) is 0 Å². The molecule has 1 atom stereocenters. The van der Waals surface area contributed by atoms with E-state index in [1.54, 1.807) is 0 Å². The highest BCUT2D eigenvalue weighted by molar-refractivity contribution is 7.92. The zero-order chi connectivity index (χ0) is 19.8. The smallest absolute Gasteiger partial charge is 0.241 e. The van der Waals surface area contributed by atoms with E-state index in [1.165, 1.54) is 18.2 Å². The number of nitrogens with one attached hydrogen (secondary N) is 1. The first-order valence-corrected chi connectivity index (χ1v) is 10.6. The predicted molar refractivity (Wildman–Crippen MR) is 100 cm³/mol. The van der Waals surface area contributed by atoms with Gasteiger partial charge in [-0.25, -0.2) is 12.8 Å². The van der Waals surface area contributed by atoms with Crippen LogP contribution in [0.4, 0.5) is 10.1 Å². The number of anilines is 1. The number of sulfonamides is 1. The Morgan fingerprint density at radius 2 is 2.19 bits per heavy atom. The van der Waals surface area contributed by atoms with Gasteiger partial charge in [0.25, 0.3) is 0 Å². The van der Waals surface area contributed by atoms with Crippen LogP contribution in [-0.2, 0) is 28.3 Å². The molecule has 1 aliphatic carbocycles. The Balaban J connectivity index is 1.80. The minimum atomic E-state index is -3.75. The number of benzene rings is 1. The van der Waals surface area contributed by atoms with Gasteiger partial charge in [0.1, 0.15) is 12.4 Å². The van der Waals surface area contributed by atoms with E-state index < -0.39 is 28.3 Å². The molecule has 0 aliphatic heterocycles. The van der Waals surface area contributed by atoms with Gasteiger partial charge >= 0.3 is 0 Å². The number of amides is 1. The Hall–Kier alpha value is -2.42. The zero-order valence-corrected chi connectivity index (χ0v) is 16.4. The second-order valence-electron chi connectivity index (χ2n) is 6.83. The number of hydrogen-bond donors (Lipinski definition) is 1. The van der Waals surface area contributed by atoms with E-state index in [2.05, 4.69) is 10.4 Å². The summed E-state index contributed by atoms with van der Waals surface area (Å²) in [5.74, 6) is -1.00. The molecule has 1 aromatic heterocycles. The van der Waals surface area contributed by atoms with Gasteiger partial charge < -0.3 is 5.32 Å². The summed E-state index contributed by atoms with van der Waals surface area (Å²) in [5, 5.41) is 7.35. The molecule has 9 heteroatoms. The largest absolute Gasteiger partial charge is 0.348 e. The second kappa shape index (κ2) is 7.30. The summed E-state index contributed by atoms with van der Waals surface area (Å²) in [6.45, 7) is 1.49. The molecule has 146 valence electrons. The first kappa shape index (κ1) is 19.3. The number of nitrogens with zero attached hydrogens (tertiary/aromatic N) is 3. The summed E-state index contributed by atoms with van der Waals surface area (Å²) < 4.78 is 40.5. The molecule has 1 N–H and O–H groups in total. The fourth-order valence-corrected chi connectivity index (χ4v) is 4.48. The minimum Gasteiger partial charge on any atom is -0.348 e. The minimum absolute atomic E-state index is 0.120. The van der Waals surface area contributed by atoms with Gasteiger partial charge in [0.05, 0.1) is 23.7 Å². The van der Waals surface area contributed by atoms with Crippen molar-refractivity contribution in [2.24, 2.45) is 7.05 Å². The first-order chi connectivity index (χ1) is 12.7. The molecule has 27 heavy (non-hydrogen) atoms. The number of carbonyl (C=O) groups is 1. The number of halogens is 1. The Morgan fingerprint density at radius 1 is 1.44 bits per heavy atom. The molecule has 0 saturated carbocycles. The highest BCUT2D eigenvalue weighted by Crippen LogP contribution is 2.31. The lowest BCUT2D eigenvalue weighted by molar-refractivity contribution is -0.120. The van der Waals surface area contributed by atoms with Crippen LogP contribution in [0.2, 0.25) is 0 Å². The van der Waals surface area contributed by atoms with Crippen LogP contribution in [0.15, 0.2) is 24.3 Å². The summed E-state index contributed by atoms with van der Waals surface area (Å²) in [6, 6.07) is 4.98. The molecule has 1 amide bonds. The molecule has 7 nitrogen and oxygen atoms in total. The topological polar surface area (TPSA) is 84.3 Å². The van der Waals surface area contributed by atoms with E-state index in [1.807, 2.05) is 18.7 Å². The maximum atomic E-state index is 13.5. The third-order valence-electron chi connectivity index (χ3n) is 4.77. The average molecular weight is 394 g/mol. The molecule has 1 aliphatic rings. The summed E-state index contributed by atoms with van der Waals surface area (Å²) in [7, 11) is -1.87. The van der Waals surface area contributed by atoms with Crippen LogP contribution in [0.25, 0.3) is 0 Å². The molecule has 0 spiro atoms. The normalized spacial score (nSPS) is 16.7. The van der Waals surface area contributed by atoms with Crippen LogP contribution >= 0.6 is 0 Å². The molecular formula is C18H23FN4O3S. The average Bonchev–Trinajstić information content (AvgIpc) is 2.87. The van der Waals surface area contributed by atoms with Crippen LogP contribution in [-0.4, -0.2) is 36.9 Å². The maximum absolute atomic E-state index is 13.5. The quantitative estimate of drug-likeness (QED) is 0.839. The third kappa shape index (κ3) is 4.13. The van der Waals surface area contributed by atoms with E-state index in [0.29, 0.717) is 0 Å². The molecule has 1 heterocycles. The Morgan fingerprint density at radius 3 is 2.85 bits per heavy atom. The standard InChI is InChI=1S/C18H23FN4O3S/c1-12-18-15(8-5-9-16(18)22(2)21-12)20-17(24)11-23(27(3,25)26)14-7-4-6-13(19)10-14/h4,6-7,10,15H,5,8-9,11H2,1-3H3,(H,20,24). The number of aryl methyl sites for hydroxylation is 2. The van der Waals surface area contributed by atoms with E-state index in [9.17, 15) is 17.6 Å². The van der Waals surface area contributed by atoms with E-state index in [-0.39, 0.29) is 11.7 Å². The van der Waals surface area contributed by atoms with Crippen LogP contribution in [0.5, 0.6) is 0 Å². The van der Waals surface area contributed by atoms with Crippen molar-refractivity contribution in [3.05, 3.63) is 47.0 Å². The van der Waals surface area contributed by atoms with Crippen molar-refractivity contribution in [1.82, 2.24) is 15.1 Å². The Bertz CT molecular complexity index is 971. The van der Waals surface area contributed by atoms with E-state index in [4.69, 9.17) is 0 Å². The summed E-state index contributed by atoms with van der Waals surface area (Å²) in [5.41, 5.74) is 3.08. The number of aromatic nitrogens is 2. The second-order valence-corrected chi connectivity index (χ2v) is 8.74. The van der Waals surface area contributed by atoms with Gasteiger partial charge in [0, 0.05) is 18.3 Å². The van der Waals surface area contributed by atoms with E-state index in [0.717, 1.165) is 52.8 Å². The molecule has 2 aromatic rings. The Labute approximate surface area is 158 Å². The van der Waals surface area contributed by atoms with Gasteiger partial charge in [0.15, 0.2) is 0 Å². The monoisotopic (exact) mass is 394 g/mol. The van der Waals surface area contributed by atoms with Crippen molar-refractivity contribution in [2.75, 3.05) is 17.1 Å². The lowest BCUT2D eigenvalue weighted by Crippen LogP contribution is -2.42. The fourth-order valence-electron chi connectivity index (χ4n) is 3.64. The molecule has 0 radical (unpaired) electrons. The van der Waals surface area contributed by atoms with Gasteiger partial charge in [-0.3, -0.25) is 13.8 Å². The van der Waals surface area contributed by atoms with Crippen molar-refractivity contribution >= 4 is 21.6 Å².